The first-order valence-corrected chi connectivity index (χ1v) is 9.42. The van der Waals surface area contributed by atoms with E-state index in [0.29, 0.717) is 33.7 Å². The molecule has 1 aliphatic heterocycles. The topological polar surface area (TPSA) is 78.3 Å². The van der Waals surface area contributed by atoms with Gasteiger partial charge in [-0.05, 0) is 31.2 Å². The molecule has 1 aromatic heterocycles. The number of nitrogens with one attached hydrogen (secondary N) is 1. The van der Waals surface area contributed by atoms with Crippen LogP contribution >= 0.6 is 11.8 Å². The Hall–Kier alpha value is -3.07. The summed E-state index contributed by atoms with van der Waals surface area (Å²) in [5.41, 5.74) is 1.25. The van der Waals surface area contributed by atoms with Crippen molar-refractivity contribution in [2.45, 2.75) is 17.3 Å². The Bertz CT molecular complexity index is 1040. The zero-order chi connectivity index (χ0) is 19.7. The third-order valence-corrected chi connectivity index (χ3v) is 5.34. The van der Waals surface area contributed by atoms with Gasteiger partial charge in [0.15, 0.2) is 22.5 Å². The van der Waals surface area contributed by atoms with Crippen LogP contribution < -0.4 is 14.8 Å². The lowest BCUT2D eigenvalue weighted by molar-refractivity contribution is -0.115. The highest BCUT2D eigenvalue weighted by atomic mass is 32.2. The van der Waals surface area contributed by atoms with Crippen molar-refractivity contribution >= 4 is 23.4 Å². The highest BCUT2D eigenvalue weighted by Gasteiger charge is 2.21. The van der Waals surface area contributed by atoms with E-state index in [1.165, 1.54) is 23.9 Å². The molecule has 0 unspecified atom stereocenters. The smallest absolute Gasteiger partial charge is 0.237 e. The molecule has 0 aliphatic carbocycles. The number of fused-ring (bicyclic) bond motifs is 1. The Balaban J connectivity index is 1.45. The summed E-state index contributed by atoms with van der Waals surface area (Å²) in [7, 11) is 1.78. The molecule has 9 heteroatoms. The number of carbonyl (C=O) groups is 1. The molecule has 0 spiro atoms. The van der Waals surface area contributed by atoms with Gasteiger partial charge in [-0.15, -0.1) is 10.2 Å². The Kier molecular flexibility index (Phi) is 4.91. The number of halogens is 1. The standard InChI is InChI=1S/C19H17FN4O3S/c1-11(18(25)21-14-6-7-15-16(9-14)27-10-26-15)28-19-23-22-17(24(19)2)12-4-3-5-13(20)8-12/h3-9,11H,10H2,1-2H3,(H,21,25)/t11-/m1/s1. The summed E-state index contributed by atoms with van der Waals surface area (Å²) >= 11 is 1.27. The first kappa shape index (κ1) is 18.3. The predicted octanol–water partition coefficient (Wildman–Crippen LogP) is 3.47. The van der Waals surface area contributed by atoms with Gasteiger partial charge in [-0.2, -0.15) is 0 Å². The van der Waals surface area contributed by atoms with E-state index < -0.39 is 5.25 Å². The van der Waals surface area contributed by atoms with Crippen LogP contribution in [0.3, 0.4) is 0 Å². The average molecular weight is 400 g/mol. The molecule has 7 nitrogen and oxygen atoms in total. The molecule has 0 saturated carbocycles. The molecule has 0 saturated heterocycles. The quantitative estimate of drug-likeness (QED) is 0.661. The number of amides is 1. The number of ether oxygens (including phenoxy) is 2. The molecule has 144 valence electrons. The minimum absolute atomic E-state index is 0.179. The van der Waals surface area contributed by atoms with Crippen molar-refractivity contribution < 1.29 is 18.7 Å². The average Bonchev–Trinajstić information content (AvgIpc) is 3.28. The second-order valence-corrected chi connectivity index (χ2v) is 7.50. The summed E-state index contributed by atoms with van der Waals surface area (Å²) in [6, 6.07) is 11.4. The monoisotopic (exact) mass is 400 g/mol. The Morgan fingerprint density at radius 3 is 2.86 bits per heavy atom. The zero-order valence-electron chi connectivity index (χ0n) is 15.2. The van der Waals surface area contributed by atoms with E-state index in [-0.39, 0.29) is 18.5 Å². The summed E-state index contributed by atoms with van der Waals surface area (Å²) in [4.78, 5) is 12.5. The van der Waals surface area contributed by atoms with Gasteiger partial charge in [0, 0.05) is 24.4 Å². The van der Waals surface area contributed by atoms with E-state index in [0.717, 1.165) is 0 Å². The summed E-state index contributed by atoms with van der Waals surface area (Å²) in [6.45, 7) is 1.96. The van der Waals surface area contributed by atoms with Gasteiger partial charge >= 0.3 is 0 Å². The van der Waals surface area contributed by atoms with E-state index in [9.17, 15) is 9.18 Å². The molecule has 2 heterocycles. The molecule has 1 aliphatic rings. The van der Waals surface area contributed by atoms with Gasteiger partial charge in [0.1, 0.15) is 5.82 Å². The molecule has 0 bridgehead atoms. The van der Waals surface area contributed by atoms with Gasteiger partial charge in [-0.25, -0.2) is 4.39 Å². The van der Waals surface area contributed by atoms with E-state index in [2.05, 4.69) is 15.5 Å². The first-order valence-electron chi connectivity index (χ1n) is 8.54. The third-order valence-electron chi connectivity index (χ3n) is 4.21. The number of carbonyl (C=O) groups excluding carboxylic acids is 1. The highest BCUT2D eigenvalue weighted by molar-refractivity contribution is 8.00. The van der Waals surface area contributed by atoms with Crippen LogP contribution in [0.5, 0.6) is 11.5 Å². The predicted molar refractivity (Wildman–Crippen MR) is 103 cm³/mol. The number of aromatic nitrogens is 3. The lowest BCUT2D eigenvalue weighted by Crippen LogP contribution is -2.22. The first-order chi connectivity index (χ1) is 13.5. The summed E-state index contributed by atoms with van der Waals surface area (Å²) in [5, 5.41) is 11.3. The van der Waals surface area contributed by atoms with Crippen LogP contribution in [-0.2, 0) is 11.8 Å². The maximum absolute atomic E-state index is 13.5. The summed E-state index contributed by atoms with van der Waals surface area (Å²) in [5.74, 6) is 1.27. The fourth-order valence-electron chi connectivity index (χ4n) is 2.73. The SMILES string of the molecule is C[C@@H](Sc1nnc(-c2cccc(F)c2)n1C)C(=O)Nc1ccc2c(c1)OCO2. The molecule has 1 amide bonds. The van der Waals surface area contributed by atoms with Crippen molar-refractivity contribution in [3.63, 3.8) is 0 Å². The summed E-state index contributed by atoms with van der Waals surface area (Å²) in [6.07, 6.45) is 0. The Labute approximate surface area is 164 Å². The van der Waals surface area contributed by atoms with Crippen LogP contribution in [-0.4, -0.2) is 32.7 Å². The summed E-state index contributed by atoms with van der Waals surface area (Å²) < 4.78 is 25.8. The maximum Gasteiger partial charge on any atom is 0.237 e. The van der Waals surface area contributed by atoms with Crippen LogP contribution in [0, 0.1) is 5.82 Å². The molecule has 0 fully saturated rings. The van der Waals surface area contributed by atoms with E-state index in [1.807, 2.05) is 0 Å². The van der Waals surface area contributed by atoms with Gasteiger partial charge in [0.2, 0.25) is 12.7 Å². The fraction of sp³-hybridized carbons (Fsp3) is 0.211. The molecule has 3 aromatic rings. The lowest BCUT2D eigenvalue weighted by atomic mass is 10.2. The van der Waals surface area contributed by atoms with E-state index >= 15 is 0 Å². The second-order valence-electron chi connectivity index (χ2n) is 6.19. The van der Waals surface area contributed by atoms with Crippen molar-refractivity contribution in [2.24, 2.45) is 7.05 Å². The number of anilines is 1. The van der Waals surface area contributed by atoms with Crippen LogP contribution in [0.4, 0.5) is 10.1 Å². The fourth-order valence-corrected chi connectivity index (χ4v) is 3.54. The lowest BCUT2D eigenvalue weighted by Gasteiger charge is -2.12. The van der Waals surface area contributed by atoms with Gasteiger partial charge in [-0.3, -0.25) is 4.79 Å². The normalized spacial score (nSPS) is 13.4. The van der Waals surface area contributed by atoms with Crippen LogP contribution in [0.15, 0.2) is 47.6 Å². The molecule has 2 aromatic carbocycles. The van der Waals surface area contributed by atoms with Crippen molar-refractivity contribution in [2.75, 3.05) is 12.1 Å². The van der Waals surface area contributed by atoms with Crippen LogP contribution in [0.1, 0.15) is 6.92 Å². The highest BCUT2D eigenvalue weighted by Crippen LogP contribution is 2.34. The minimum Gasteiger partial charge on any atom is -0.454 e. The molecule has 0 radical (unpaired) electrons. The van der Waals surface area contributed by atoms with Crippen molar-refractivity contribution in [1.82, 2.24) is 14.8 Å². The van der Waals surface area contributed by atoms with Gasteiger partial charge in [0.05, 0.1) is 5.25 Å². The van der Waals surface area contributed by atoms with Crippen LogP contribution in [0.2, 0.25) is 0 Å². The number of benzene rings is 2. The second kappa shape index (κ2) is 7.51. The molecule has 1 atom stereocenters. The molecule has 4 rings (SSSR count). The number of hydrogen-bond donors (Lipinski definition) is 1. The van der Waals surface area contributed by atoms with E-state index in [4.69, 9.17) is 9.47 Å². The van der Waals surface area contributed by atoms with Crippen molar-refractivity contribution in [3.05, 3.63) is 48.3 Å². The van der Waals surface area contributed by atoms with Gasteiger partial charge in [-0.1, -0.05) is 23.9 Å². The number of rotatable bonds is 5. The third kappa shape index (κ3) is 3.65. The number of thioether (sulfide) groups is 1. The van der Waals surface area contributed by atoms with Crippen molar-refractivity contribution in [1.29, 1.82) is 0 Å². The van der Waals surface area contributed by atoms with Crippen molar-refractivity contribution in [3.8, 4) is 22.9 Å². The maximum atomic E-state index is 13.5. The number of hydrogen-bond acceptors (Lipinski definition) is 6. The van der Waals surface area contributed by atoms with Crippen LogP contribution in [0.25, 0.3) is 11.4 Å². The Morgan fingerprint density at radius 2 is 2.04 bits per heavy atom. The molecular weight excluding hydrogens is 383 g/mol. The minimum atomic E-state index is -0.423. The zero-order valence-corrected chi connectivity index (χ0v) is 16.0. The van der Waals surface area contributed by atoms with Gasteiger partial charge < -0.3 is 19.4 Å². The largest absolute Gasteiger partial charge is 0.454 e. The molecule has 28 heavy (non-hydrogen) atoms. The molecular formula is C19H17FN4O3S. The van der Waals surface area contributed by atoms with Gasteiger partial charge in [0.25, 0.3) is 0 Å². The molecule has 1 N–H and O–H groups in total. The Morgan fingerprint density at radius 1 is 1.21 bits per heavy atom. The van der Waals surface area contributed by atoms with E-state index in [1.54, 1.807) is 48.9 Å². The number of nitrogens with zero attached hydrogens (tertiary/aromatic N) is 3.